The fraction of sp³-hybridized carbons (Fsp3) is 0.261. The summed E-state index contributed by atoms with van der Waals surface area (Å²) in [6.45, 7) is 1.61. The fourth-order valence-corrected chi connectivity index (χ4v) is 3.25. The highest BCUT2D eigenvalue weighted by Crippen LogP contribution is 2.22. The van der Waals surface area contributed by atoms with Gasteiger partial charge in [-0.2, -0.15) is 0 Å². The topological polar surface area (TPSA) is 108 Å². The van der Waals surface area contributed by atoms with Crippen molar-refractivity contribution in [1.82, 2.24) is 10.3 Å². The van der Waals surface area contributed by atoms with Gasteiger partial charge in [-0.3, -0.25) is 9.59 Å². The number of Topliss-reactive ketones (excluding diaryl/α,β-unsaturated/α-hetero) is 1. The Morgan fingerprint density at radius 1 is 1.07 bits per heavy atom. The van der Waals surface area contributed by atoms with Gasteiger partial charge in [0.05, 0.1) is 12.0 Å². The summed E-state index contributed by atoms with van der Waals surface area (Å²) in [5.74, 6) is -2.30. The number of nitrogens with one attached hydrogen (secondary N) is 2. The van der Waals surface area contributed by atoms with Gasteiger partial charge in [0.1, 0.15) is 6.61 Å². The number of fused-ring (bicyclic) bond motifs is 1. The number of aromatic nitrogens is 1. The minimum Gasteiger partial charge on any atom is -0.481 e. The van der Waals surface area contributed by atoms with Crippen molar-refractivity contribution in [2.75, 3.05) is 0 Å². The SMILES string of the molecule is C[C@H](NC(=O)OCc1ccccc1)C(=O)CC(Cc1c[nH]c2ccccc12)C(=O)O. The summed E-state index contributed by atoms with van der Waals surface area (Å²) in [7, 11) is 0. The molecule has 2 aromatic carbocycles. The maximum atomic E-state index is 12.5. The summed E-state index contributed by atoms with van der Waals surface area (Å²) in [6.07, 6.45) is 1.09. The van der Waals surface area contributed by atoms with Crippen molar-refractivity contribution in [3.63, 3.8) is 0 Å². The largest absolute Gasteiger partial charge is 0.481 e. The van der Waals surface area contributed by atoms with E-state index < -0.39 is 24.0 Å². The molecule has 0 saturated carbocycles. The minimum absolute atomic E-state index is 0.0892. The number of carbonyl (C=O) groups excluding carboxylic acids is 2. The average molecular weight is 408 g/mol. The first-order valence-electron chi connectivity index (χ1n) is 9.71. The normalized spacial score (nSPS) is 12.8. The number of amides is 1. The van der Waals surface area contributed by atoms with E-state index in [0.29, 0.717) is 0 Å². The Kier molecular flexibility index (Phi) is 6.85. The summed E-state index contributed by atoms with van der Waals surface area (Å²) < 4.78 is 5.11. The molecule has 0 bridgehead atoms. The van der Waals surface area contributed by atoms with E-state index in [1.54, 1.807) is 6.20 Å². The van der Waals surface area contributed by atoms with Gasteiger partial charge in [0.25, 0.3) is 0 Å². The van der Waals surface area contributed by atoms with Crippen LogP contribution in [0.3, 0.4) is 0 Å². The van der Waals surface area contributed by atoms with Crippen molar-refractivity contribution in [2.24, 2.45) is 5.92 Å². The Bertz CT molecular complexity index is 1030. The van der Waals surface area contributed by atoms with Gasteiger partial charge in [0.15, 0.2) is 5.78 Å². The molecule has 1 aromatic heterocycles. The third kappa shape index (κ3) is 5.47. The van der Waals surface area contributed by atoms with Gasteiger partial charge in [-0.15, -0.1) is 0 Å². The Hall–Kier alpha value is -3.61. The van der Waals surface area contributed by atoms with E-state index >= 15 is 0 Å². The summed E-state index contributed by atoms with van der Waals surface area (Å²) in [6, 6.07) is 15.9. The van der Waals surface area contributed by atoms with Crippen LogP contribution < -0.4 is 5.32 Å². The van der Waals surface area contributed by atoms with Crippen LogP contribution in [0.5, 0.6) is 0 Å². The molecule has 7 nitrogen and oxygen atoms in total. The van der Waals surface area contributed by atoms with Crippen LogP contribution in [0, 0.1) is 5.92 Å². The summed E-state index contributed by atoms with van der Waals surface area (Å²) in [4.78, 5) is 39.3. The number of rotatable bonds is 9. The number of benzene rings is 2. The molecule has 1 unspecified atom stereocenters. The van der Waals surface area contributed by atoms with Crippen LogP contribution >= 0.6 is 0 Å². The molecule has 3 aromatic rings. The number of ether oxygens (including phenoxy) is 1. The van der Waals surface area contributed by atoms with Gasteiger partial charge in [-0.1, -0.05) is 48.5 Å². The maximum absolute atomic E-state index is 12.5. The number of para-hydroxylation sites is 1. The smallest absolute Gasteiger partial charge is 0.408 e. The number of H-pyrrole nitrogens is 1. The van der Waals surface area contributed by atoms with Crippen LogP contribution in [0.4, 0.5) is 4.79 Å². The number of aliphatic carboxylic acids is 1. The molecule has 0 aliphatic heterocycles. The average Bonchev–Trinajstić information content (AvgIpc) is 3.15. The van der Waals surface area contributed by atoms with Crippen molar-refractivity contribution in [3.05, 3.63) is 71.9 Å². The van der Waals surface area contributed by atoms with Crippen LogP contribution in [-0.4, -0.2) is 34.0 Å². The van der Waals surface area contributed by atoms with E-state index in [2.05, 4.69) is 10.3 Å². The van der Waals surface area contributed by atoms with Crippen LogP contribution in [0.15, 0.2) is 60.8 Å². The van der Waals surface area contributed by atoms with E-state index in [0.717, 1.165) is 22.0 Å². The van der Waals surface area contributed by atoms with Gasteiger partial charge < -0.3 is 20.1 Å². The first-order valence-corrected chi connectivity index (χ1v) is 9.71. The molecule has 156 valence electrons. The molecule has 0 aliphatic rings. The lowest BCUT2D eigenvalue weighted by Crippen LogP contribution is -2.40. The number of aromatic amines is 1. The Morgan fingerprint density at radius 3 is 2.50 bits per heavy atom. The van der Waals surface area contributed by atoms with E-state index in [-0.39, 0.29) is 25.2 Å². The van der Waals surface area contributed by atoms with Gasteiger partial charge >= 0.3 is 12.1 Å². The predicted molar refractivity (Wildman–Crippen MR) is 112 cm³/mol. The van der Waals surface area contributed by atoms with Crippen molar-refractivity contribution in [1.29, 1.82) is 0 Å². The molecule has 3 rings (SSSR count). The number of hydrogen-bond donors (Lipinski definition) is 3. The Morgan fingerprint density at radius 2 is 1.77 bits per heavy atom. The number of carboxylic acid groups (broad SMARTS) is 1. The van der Waals surface area contributed by atoms with E-state index in [9.17, 15) is 19.5 Å². The molecule has 1 heterocycles. The first kappa shape index (κ1) is 21.1. The third-order valence-electron chi connectivity index (χ3n) is 4.97. The highest BCUT2D eigenvalue weighted by molar-refractivity contribution is 5.90. The third-order valence-corrected chi connectivity index (χ3v) is 4.97. The highest BCUT2D eigenvalue weighted by atomic mass is 16.5. The van der Waals surface area contributed by atoms with Crippen LogP contribution in [-0.2, 0) is 27.4 Å². The van der Waals surface area contributed by atoms with Gasteiger partial charge in [-0.25, -0.2) is 4.79 Å². The van der Waals surface area contributed by atoms with E-state index in [4.69, 9.17) is 4.74 Å². The number of carbonyl (C=O) groups is 3. The van der Waals surface area contributed by atoms with Crippen molar-refractivity contribution < 1.29 is 24.2 Å². The lowest BCUT2D eigenvalue weighted by atomic mass is 9.92. The number of alkyl carbamates (subject to hydrolysis) is 1. The molecular formula is C23H24N2O5. The quantitative estimate of drug-likeness (QED) is 0.500. The van der Waals surface area contributed by atoms with Crippen LogP contribution in [0.1, 0.15) is 24.5 Å². The second-order valence-electron chi connectivity index (χ2n) is 7.20. The zero-order valence-corrected chi connectivity index (χ0v) is 16.6. The van der Waals surface area contributed by atoms with E-state index in [1.807, 2.05) is 54.6 Å². The summed E-state index contributed by atoms with van der Waals surface area (Å²) in [5, 5.41) is 13.0. The lowest BCUT2D eigenvalue weighted by Gasteiger charge is -2.16. The van der Waals surface area contributed by atoms with Gasteiger partial charge in [0, 0.05) is 23.5 Å². The lowest BCUT2D eigenvalue weighted by molar-refractivity contribution is -0.143. The Labute approximate surface area is 174 Å². The molecular weight excluding hydrogens is 384 g/mol. The van der Waals surface area contributed by atoms with Crippen LogP contribution in [0.2, 0.25) is 0 Å². The number of carboxylic acids is 1. The Balaban J connectivity index is 1.55. The van der Waals surface area contributed by atoms with Gasteiger partial charge in [-0.05, 0) is 30.5 Å². The molecule has 0 saturated heterocycles. The van der Waals surface area contributed by atoms with E-state index in [1.165, 1.54) is 6.92 Å². The fourth-order valence-electron chi connectivity index (χ4n) is 3.25. The molecule has 3 N–H and O–H groups in total. The zero-order valence-electron chi connectivity index (χ0n) is 16.6. The van der Waals surface area contributed by atoms with Crippen LogP contribution in [0.25, 0.3) is 10.9 Å². The maximum Gasteiger partial charge on any atom is 0.408 e. The molecule has 7 heteroatoms. The minimum atomic E-state index is -1.05. The second kappa shape index (κ2) is 9.73. The van der Waals surface area contributed by atoms with Crippen molar-refractivity contribution in [3.8, 4) is 0 Å². The molecule has 0 radical (unpaired) electrons. The van der Waals surface area contributed by atoms with Crippen molar-refractivity contribution in [2.45, 2.75) is 32.4 Å². The molecule has 30 heavy (non-hydrogen) atoms. The standard InChI is InChI=1S/C23H24N2O5/c1-15(25-23(29)30-14-16-7-3-2-4-8-16)21(26)12-17(22(27)28)11-18-13-24-20-10-6-5-9-19(18)20/h2-10,13,15,17,24H,11-12,14H2,1H3,(H,25,29)(H,27,28)/t15-,17?/m0/s1. The first-order chi connectivity index (χ1) is 14.4. The van der Waals surface area contributed by atoms with Gasteiger partial charge in [0.2, 0.25) is 0 Å². The zero-order chi connectivity index (χ0) is 21.5. The van der Waals surface area contributed by atoms with Crippen molar-refractivity contribution >= 4 is 28.7 Å². The summed E-state index contributed by atoms with van der Waals surface area (Å²) >= 11 is 0. The number of ketones is 1. The molecule has 0 fully saturated rings. The molecule has 0 aliphatic carbocycles. The number of hydrogen-bond acceptors (Lipinski definition) is 4. The molecule has 2 atom stereocenters. The molecule has 0 spiro atoms. The molecule has 1 amide bonds. The predicted octanol–water partition coefficient (Wildman–Crippen LogP) is 3.69. The highest BCUT2D eigenvalue weighted by Gasteiger charge is 2.26. The summed E-state index contributed by atoms with van der Waals surface area (Å²) in [5.41, 5.74) is 2.59. The monoisotopic (exact) mass is 408 g/mol. The second-order valence-corrected chi connectivity index (χ2v) is 7.20.